The van der Waals surface area contributed by atoms with Gasteiger partial charge < -0.3 is 14.6 Å². The van der Waals surface area contributed by atoms with E-state index in [0.717, 1.165) is 86.8 Å². The van der Waals surface area contributed by atoms with Crippen molar-refractivity contribution in [3.63, 3.8) is 0 Å². The van der Waals surface area contributed by atoms with E-state index in [-0.39, 0.29) is 8.41 Å². The van der Waals surface area contributed by atoms with Crippen LogP contribution in [0.25, 0.3) is 0 Å². The Hall–Kier alpha value is 0.0999. The third kappa shape index (κ3) is 12.1. The first-order valence-electron chi connectivity index (χ1n) is 19.4. The molecule has 8 fully saturated rings. The zero-order valence-electron chi connectivity index (χ0n) is 34.7. The minimum absolute atomic E-state index is 0. The van der Waals surface area contributed by atoms with Gasteiger partial charge in [0.15, 0.2) is 0 Å². The van der Waals surface area contributed by atoms with Gasteiger partial charge in [0.25, 0.3) is 0 Å². The van der Waals surface area contributed by atoms with Gasteiger partial charge in [0.05, 0.1) is 7.85 Å². The Morgan fingerprint density at radius 3 is 1.46 bits per heavy atom. The highest BCUT2D eigenvalue weighted by atomic mass is 32.2. The summed E-state index contributed by atoms with van der Waals surface area (Å²) >= 11 is 1.75. The van der Waals surface area contributed by atoms with Gasteiger partial charge in [-0.05, 0) is 148 Å². The maximum absolute atomic E-state index is 7.00. The number of ether oxygens (including phenoxy) is 2. The van der Waals surface area contributed by atoms with Crippen LogP contribution in [0.3, 0.4) is 0 Å². The Bertz CT molecular complexity index is 837. The van der Waals surface area contributed by atoms with Gasteiger partial charge in [-0.2, -0.15) is 11.8 Å². The Labute approximate surface area is 309 Å². The number of aliphatic hydroxyl groups is 1. The molecule has 1 N–H and O–H groups in total. The summed E-state index contributed by atoms with van der Waals surface area (Å²) in [5.41, 5.74) is 3.58. The number of hydrogen-bond donors (Lipinski definition) is 1. The Kier molecular flexibility index (Phi) is 22.3. The van der Waals surface area contributed by atoms with Gasteiger partial charge in [0, 0.05) is 42.0 Å². The monoisotopic (exact) mass is 688 g/mol. The fourth-order valence-electron chi connectivity index (χ4n) is 9.97. The van der Waals surface area contributed by atoms with Crippen molar-refractivity contribution in [3.8, 4) is 0 Å². The second-order valence-corrected chi connectivity index (χ2v) is 18.4. The molecule has 48 heavy (non-hydrogen) atoms. The molecule has 0 spiro atoms. The molecule has 0 aromatic rings. The number of fused-ring (bicyclic) bond motifs is 5. The van der Waals surface area contributed by atoms with Crippen LogP contribution in [0.1, 0.15) is 134 Å². The summed E-state index contributed by atoms with van der Waals surface area (Å²) in [4.78, 5) is 0. The first-order chi connectivity index (χ1) is 22.0. The van der Waals surface area contributed by atoms with Crippen molar-refractivity contribution >= 4 is 28.0 Å². The van der Waals surface area contributed by atoms with Crippen LogP contribution in [0, 0.1) is 69.5 Å². The quantitative estimate of drug-likeness (QED) is 0.232. The zero-order chi connectivity index (χ0) is 36.2. The standard InChI is InChI=1S/C11H20.C10H17B.C10H16.C4H8O.C4H10O.C2H6S.CH4O.B/c1-7-5-9-6-10(8(7)2)11(9,3)4;1-6-8-4-7(5-9(6)11)10(8,2)3;1-7-4-5-8-6-9(7)10(8,2)3;1-2-4-5-3-1;1-3-5-4-2;1-3-2;1-2;/h7-10H,5-6H2,1-4H3;6-9H,4-5H2,1-3H3;4,8-9H,5-6H2,1-3H3;1-4H2;3-4H2,1-2H3;1-2H3;2H,1H3;/t7-,8+,9-,10-;6-,7+,8-,9-;8-,9-;;;;;/m111...../s1. The molecule has 0 amide bonds. The van der Waals surface area contributed by atoms with E-state index in [4.69, 9.17) is 22.4 Å². The highest BCUT2D eigenvalue weighted by molar-refractivity contribution is 7.97. The molecule has 1 heterocycles. The summed E-state index contributed by atoms with van der Waals surface area (Å²) in [5.74, 6) is 9.08. The Balaban J connectivity index is 0.000000570. The van der Waals surface area contributed by atoms with Gasteiger partial charge in [-0.15, -0.1) is 0 Å². The van der Waals surface area contributed by atoms with E-state index in [1.807, 2.05) is 26.4 Å². The predicted octanol–water partition coefficient (Wildman–Crippen LogP) is 11.0. The largest absolute Gasteiger partial charge is 0.400 e. The lowest BCUT2D eigenvalue weighted by Crippen LogP contribution is -2.54. The molecule has 6 bridgehead atoms. The zero-order valence-corrected chi connectivity index (χ0v) is 35.5. The molecule has 1 aliphatic heterocycles. The molecule has 0 unspecified atom stereocenters. The third-order valence-electron chi connectivity index (χ3n) is 14.1. The molecule has 279 valence electrons. The van der Waals surface area contributed by atoms with Gasteiger partial charge in [-0.1, -0.05) is 86.2 Å². The molecule has 1 saturated heterocycles. The third-order valence-corrected chi connectivity index (χ3v) is 14.1. The maximum atomic E-state index is 7.00. The van der Waals surface area contributed by atoms with Gasteiger partial charge in [0.1, 0.15) is 0 Å². The van der Waals surface area contributed by atoms with Crippen LogP contribution in [0.4, 0.5) is 0 Å². The number of thioether (sulfide) groups is 1. The minimum Gasteiger partial charge on any atom is -0.400 e. The normalized spacial score (nSPS) is 37.1. The molecule has 3 nitrogen and oxygen atoms in total. The maximum Gasteiger partial charge on any atom is 0.0703 e. The lowest BCUT2D eigenvalue weighted by Gasteiger charge is -2.62. The minimum atomic E-state index is 0. The average Bonchev–Trinajstić information content (AvgIpc) is 3.62. The molecule has 10 aliphatic rings. The lowest BCUT2D eigenvalue weighted by atomic mass is 9.41. The van der Waals surface area contributed by atoms with Crippen molar-refractivity contribution in [2.45, 2.75) is 140 Å². The smallest absolute Gasteiger partial charge is 0.0703 e. The fourth-order valence-corrected chi connectivity index (χ4v) is 9.97. The number of allylic oxidation sites excluding steroid dienone is 2. The van der Waals surface area contributed by atoms with E-state index in [1.165, 1.54) is 51.4 Å². The van der Waals surface area contributed by atoms with Crippen LogP contribution in [-0.2, 0) is 9.47 Å². The van der Waals surface area contributed by atoms with E-state index in [9.17, 15) is 0 Å². The molecule has 6 heteroatoms. The van der Waals surface area contributed by atoms with Crippen molar-refractivity contribution < 1.29 is 14.6 Å². The summed E-state index contributed by atoms with van der Waals surface area (Å²) in [6.45, 7) is 31.8. The molecular formula is C42H81B2O3S. The van der Waals surface area contributed by atoms with Crippen LogP contribution >= 0.6 is 11.8 Å². The van der Waals surface area contributed by atoms with Crippen molar-refractivity contribution in [3.05, 3.63) is 11.6 Å². The molecular weight excluding hydrogens is 606 g/mol. The van der Waals surface area contributed by atoms with E-state index in [2.05, 4.69) is 75.3 Å². The summed E-state index contributed by atoms with van der Waals surface area (Å²) in [6.07, 6.45) is 17.6. The van der Waals surface area contributed by atoms with Crippen molar-refractivity contribution in [1.82, 2.24) is 0 Å². The molecule has 9 aliphatic carbocycles. The van der Waals surface area contributed by atoms with E-state index in [1.54, 1.807) is 17.3 Å². The highest BCUT2D eigenvalue weighted by Crippen LogP contribution is 2.64. The fraction of sp³-hybridized carbons (Fsp3) is 0.952. The highest BCUT2D eigenvalue weighted by Gasteiger charge is 2.56. The summed E-state index contributed by atoms with van der Waals surface area (Å²) in [7, 11) is 7.02. The van der Waals surface area contributed by atoms with Crippen LogP contribution in [0.5, 0.6) is 0 Å². The van der Waals surface area contributed by atoms with E-state index >= 15 is 0 Å². The van der Waals surface area contributed by atoms with Gasteiger partial charge in [0.2, 0.25) is 0 Å². The topological polar surface area (TPSA) is 38.7 Å². The predicted molar refractivity (Wildman–Crippen MR) is 216 cm³/mol. The number of aliphatic hydroxyl groups excluding tert-OH is 1. The Morgan fingerprint density at radius 2 is 1.23 bits per heavy atom. The summed E-state index contributed by atoms with van der Waals surface area (Å²) < 4.78 is 9.78. The molecule has 5 radical (unpaired) electrons. The molecule has 0 aromatic heterocycles. The van der Waals surface area contributed by atoms with Crippen LogP contribution in [0.2, 0.25) is 5.82 Å². The second-order valence-electron chi connectivity index (χ2n) is 17.6. The number of rotatable bonds is 2. The lowest BCUT2D eigenvalue weighted by molar-refractivity contribution is -0.124. The van der Waals surface area contributed by atoms with E-state index in [0.29, 0.717) is 22.1 Å². The second kappa shape index (κ2) is 22.2. The van der Waals surface area contributed by atoms with Gasteiger partial charge in [-0.3, -0.25) is 0 Å². The first kappa shape index (κ1) is 48.1. The number of hydrogen-bond acceptors (Lipinski definition) is 4. The molecule has 10 rings (SSSR count). The van der Waals surface area contributed by atoms with Crippen molar-refractivity contribution in [2.24, 2.45) is 69.5 Å². The van der Waals surface area contributed by atoms with Crippen LogP contribution in [0.15, 0.2) is 11.6 Å². The summed E-state index contributed by atoms with van der Waals surface area (Å²) in [5, 5.41) is 7.00. The Morgan fingerprint density at radius 1 is 0.771 bits per heavy atom. The van der Waals surface area contributed by atoms with Gasteiger partial charge >= 0.3 is 0 Å². The molecule has 0 aromatic carbocycles. The van der Waals surface area contributed by atoms with Crippen LogP contribution < -0.4 is 0 Å². The molecule has 10 atom stereocenters. The van der Waals surface area contributed by atoms with Gasteiger partial charge in [-0.25, -0.2) is 0 Å². The first-order valence-corrected chi connectivity index (χ1v) is 21.1. The van der Waals surface area contributed by atoms with Crippen LogP contribution in [-0.4, -0.2) is 67.4 Å². The van der Waals surface area contributed by atoms with Crippen molar-refractivity contribution in [2.75, 3.05) is 46.0 Å². The average molecular weight is 688 g/mol. The molecule has 7 saturated carbocycles. The summed E-state index contributed by atoms with van der Waals surface area (Å²) in [6, 6.07) is 0. The van der Waals surface area contributed by atoms with Crippen molar-refractivity contribution in [1.29, 1.82) is 0 Å². The van der Waals surface area contributed by atoms with E-state index < -0.39 is 0 Å². The SMILES string of the molecule is C1CCOC1.CC1=CC[C@@H]2C[C@H]1C2(C)C.CCOCC.CO.CSC.C[C@H]1[C@H](C)C[C@@H]2C[C@H]1C2(C)C.[B].[B][C@@H]1C[C@@H]2C[C@H]([C@H]1C)C2(C)C.